The van der Waals surface area contributed by atoms with Crippen molar-refractivity contribution in [3.63, 3.8) is 0 Å². The van der Waals surface area contributed by atoms with Gasteiger partial charge in [0.15, 0.2) is 5.78 Å². The van der Waals surface area contributed by atoms with Crippen LogP contribution in [-0.4, -0.2) is 25.5 Å². The molecule has 0 radical (unpaired) electrons. The smallest absolute Gasteiger partial charge is 0.390 e. The van der Waals surface area contributed by atoms with Crippen LogP contribution in [-0.2, 0) is 4.79 Å². The zero-order chi connectivity index (χ0) is 10.7. The number of Topliss-reactive ketones (excluding diaryl/α,β-unsaturated/α-hetero) is 1. The van der Waals surface area contributed by atoms with Gasteiger partial charge in [-0.3, -0.25) is 4.79 Å². The number of hydrogen-bond acceptors (Lipinski definition) is 5. The van der Waals surface area contributed by atoms with Crippen LogP contribution in [0, 0.1) is 10.1 Å². The molecule has 0 aromatic carbocycles. The molecule has 0 aliphatic rings. The van der Waals surface area contributed by atoms with E-state index in [1.165, 1.54) is 11.0 Å². The van der Waals surface area contributed by atoms with E-state index in [9.17, 15) is 14.9 Å². The third kappa shape index (κ3) is 1.93. The first-order valence-corrected chi connectivity index (χ1v) is 4.14. The van der Waals surface area contributed by atoms with Crippen LogP contribution in [0.2, 0.25) is 0 Å². The van der Waals surface area contributed by atoms with Crippen molar-refractivity contribution >= 4 is 11.7 Å². The molecule has 0 amide bonds. The molecule has 0 bridgehead atoms. The highest BCUT2D eigenvalue weighted by atomic mass is 16.6. The molecule has 1 heterocycles. The Morgan fingerprint density at radius 1 is 1.79 bits per heavy atom. The van der Waals surface area contributed by atoms with Crippen molar-refractivity contribution in [2.24, 2.45) is 0 Å². The van der Waals surface area contributed by atoms with Gasteiger partial charge in [-0.2, -0.15) is 4.68 Å². The summed E-state index contributed by atoms with van der Waals surface area (Å²) in [5.41, 5.74) is 0. The van der Waals surface area contributed by atoms with Crippen LogP contribution < -0.4 is 0 Å². The van der Waals surface area contributed by atoms with Crippen LogP contribution in [0.15, 0.2) is 6.33 Å². The number of nitro groups is 1. The molecule has 1 aromatic heterocycles. The fraction of sp³-hybridized carbons (Fsp3) is 0.571. The van der Waals surface area contributed by atoms with E-state index in [0.29, 0.717) is 6.42 Å². The topological polar surface area (TPSA) is 90.9 Å². The van der Waals surface area contributed by atoms with Gasteiger partial charge >= 0.3 is 5.95 Å². The Morgan fingerprint density at radius 3 is 2.86 bits per heavy atom. The van der Waals surface area contributed by atoms with Crippen molar-refractivity contribution in [3.8, 4) is 0 Å². The molecule has 0 aliphatic heterocycles. The summed E-state index contributed by atoms with van der Waals surface area (Å²) >= 11 is 0. The average molecular weight is 198 g/mol. The van der Waals surface area contributed by atoms with Gasteiger partial charge in [-0.1, -0.05) is 11.9 Å². The maximum absolute atomic E-state index is 11.2. The van der Waals surface area contributed by atoms with E-state index < -0.39 is 16.9 Å². The molecule has 1 unspecified atom stereocenters. The van der Waals surface area contributed by atoms with E-state index in [4.69, 9.17) is 0 Å². The number of hydrogen-bond donors (Lipinski definition) is 0. The standard InChI is InChI=1S/C7H10N4O3/c1-3-6(12)5(2)10-4-8-7(9-10)11(13)14/h4-5H,3H2,1-2H3. The molecule has 14 heavy (non-hydrogen) atoms. The third-order valence-corrected chi connectivity index (χ3v) is 1.87. The minimum atomic E-state index is -0.695. The van der Waals surface area contributed by atoms with E-state index in [2.05, 4.69) is 10.1 Å². The molecule has 0 fully saturated rings. The minimum absolute atomic E-state index is 0.0372. The summed E-state index contributed by atoms with van der Waals surface area (Å²) in [4.78, 5) is 24.3. The van der Waals surface area contributed by atoms with Crippen LogP contribution >= 0.6 is 0 Å². The van der Waals surface area contributed by atoms with Gasteiger partial charge in [-0.25, -0.2) is 0 Å². The predicted octanol–water partition coefficient (Wildman–Crippen LogP) is 0.726. The molecule has 7 heteroatoms. The van der Waals surface area contributed by atoms with Gasteiger partial charge in [0.2, 0.25) is 6.33 Å². The molecule has 76 valence electrons. The van der Waals surface area contributed by atoms with Crippen molar-refractivity contribution in [1.82, 2.24) is 14.8 Å². The molecule has 7 nitrogen and oxygen atoms in total. The molecular weight excluding hydrogens is 188 g/mol. The summed E-state index contributed by atoms with van der Waals surface area (Å²) in [5, 5.41) is 13.8. The number of nitrogens with zero attached hydrogens (tertiary/aromatic N) is 4. The van der Waals surface area contributed by atoms with Crippen molar-refractivity contribution in [2.75, 3.05) is 0 Å². The van der Waals surface area contributed by atoms with Crippen molar-refractivity contribution in [3.05, 3.63) is 16.4 Å². The predicted molar refractivity (Wildman–Crippen MR) is 46.7 cm³/mol. The van der Waals surface area contributed by atoms with Gasteiger partial charge in [-0.15, -0.1) is 0 Å². The highest BCUT2D eigenvalue weighted by Gasteiger charge is 2.20. The molecule has 0 aliphatic carbocycles. The SMILES string of the molecule is CCC(=O)C(C)n1cnc([N+](=O)[O-])n1. The highest BCUT2D eigenvalue weighted by molar-refractivity contribution is 5.81. The van der Waals surface area contributed by atoms with E-state index in [0.717, 1.165) is 0 Å². The Morgan fingerprint density at radius 2 is 2.43 bits per heavy atom. The largest absolute Gasteiger partial charge is 0.490 e. The summed E-state index contributed by atoms with van der Waals surface area (Å²) in [5.74, 6) is -0.523. The minimum Gasteiger partial charge on any atom is -0.390 e. The van der Waals surface area contributed by atoms with E-state index in [-0.39, 0.29) is 5.78 Å². The van der Waals surface area contributed by atoms with Gasteiger partial charge in [0.05, 0.1) is 0 Å². The van der Waals surface area contributed by atoms with Crippen LogP contribution in [0.4, 0.5) is 5.95 Å². The average Bonchev–Trinajstić information content (AvgIpc) is 2.64. The zero-order valence-corrected chi connectivity index (χ0v) is 7.88. The number of aromatic nitrogens is 3. The molecule has 0 saturated heterocycles. The maximum Gasteiger partial charge on any atom is 0.490 e. The van der Waals surface area contributed by atoms with Gasteiger partial charge < -0.3 is 10.1 Å². The quantitative estimate of drug-likeness (QED) is 0.525. The van der Waals surface area contributed by atoms with E-state index in [1.807, 2.05) is 0 Å². The third-order valence-electron chi connectivity index (χ3n) is 1.87. The first-order chi connectivity index (χ1) is 6.56. The second-order valence-corrected chi connectivity index (χ2v) is 2.78. The van der Waals surface area contributed by atoms with Gasteiger partial charge in [0.25, 0.3) is 0 Å². The number of ketones is 1. The lowest BCUT2D eigenvalue weighted by Gasteiger charge is -2.03. The highest BCUT2D eigenvalue weighted by Crippen LogP contribution is 2.09. The Kier molecular flexibility index (Phi) is 2.90. The lowest BCUT2D eigenvalue weighted by molar-refractivity contribution is -0.394. The summed E-state index contributed by atoms with van der Waals surface area (Å²) in [6, 6.07) is -0.499. The zero-order valence-electron chi connectivity index (χ0n) is 7.88. The van der Waals surface area contributed by atoms with Gasteiger partial charge in [-0.05, 0) is 11.8 Å². The normalized spacial score (nSPS) is 12.4. The second-order valence-electron chi connectivity index (χ2n) is 2.78. The van der Waals surface area contributed by atoms with Crippen LogP contribution in [0.25, 0.3) is 0 Å². The van der Waals surface area contributed by atoms with Gasteiger partial charge in [0, 0.05) is 11.5 Å². The molecule has 1 rings (SSSR count). The Labute approximate surface area is 79.9 Å². The summed E-state index contributed by atoms with van der Waals surface area (Å²) < 4.78 is 1.20. The summed E-state index contributed by atoms with van der Waals surface area (Å²) in [6.07, 6.45) is 1.56. The number of carbonyl (C=O) groups is 1. The van der Waals surface area contributed by atoms with Crippen LogP contribution in [0.1, 0.15) is 26.3 Å². The molecule has 0 saturated carbocycles. The Balaban J connectivity index is 2.86. The molecular formula is C7H10N4O3. The summed E-state index contributed by atoms with van der Waals surface area (Å²) in [7, 11) is 0. The fourth-order valence-corrected chi connectivity index (χ4v) is 0.979. The number of carbonyl (C=O) groups excluding carboxylic acids is 1. The van der Waals surface area contributed by atoms with Crippen molar-refractivity contribution in [1.29, 1.82) is 0 Å². The lowest BCUT2D eigenvalue weighted by atomic mass is 10.2. The van der Waals surface area contributed by atoms with Gasteiger partial charge in [0.1, 0.15) is 6.04 Å². The Bertz CT molecular complexity index is 360. The first-order valence-electron chi connectivity index (χ1n) is 4.14. The Hall–Kier alpha value is -1.79. The van der Waals surface area contributed by atoms with Crippen LogP contribution in [0.5, 0.6) is 0 Å². The fourth-order valence-electron chi connectivity index (χ4n) is 0.979. The summed E-state index contributed by atoms with van der Waals surface area (Å²) in [6.45, 7) is 3.36. The van der Waals surface area contributed by atoms with Crippen molar-refractivity contribution in [2.45, 2.75) is 26.3 Å². The molecule has 0 N–H and O–H groups in total. The molecule has 1 atom stereocenters. The second kappa shape index (κ2) is 3.95. The van der Waals surface area contributed by atoms with Crippen LogP contribution in [0.3, 0.4) is 0 Å². The molecule has 1 aromatic rings. The number of rotatable bonds is 4. The first kappa shape index (κ1) is 10.3. The van der Waals surface area contributed by atoms with E-state index in [1.54, 1.807) is 13.8 Å². The maximum atomic E-state index is 11.2. The molecule has 0 spiro atoms. The van der Waals surface area contributed by atoms with E-state index >= 15 is 0 Å². The lowest BCUT2D eigenvalue weighted by Crippen LogP contribution is -2.16. The monoisotopic (exact) mass is 198 g/mol. The van der Waals surface area contributed by atoms with Crippen molar-refractivity contribution < 1.29 is 9.72 Å².